The summed E-state index contributed by atoms with van der Waals surface area (Å²) in [5.74, 6) is -0.388. The molecule has 3 N–H and O–H groups in total. The molecule has 0 bridgehead atoms. The molecule has 0 saturated heterocycles. The Labute approximate surface area is 288 Å². The van der Waals surface area contributed by atoms with Crippen LogP contribution >= 0.6 is 37.2 Å². The monoisotopic (exact) mass is 708 g/mol. The molecule has 2 heterocycles. The van der Waals surface area contributed by atoms with Gasteiger partial charge >= 0.3 is 0 Å². The quantitative estimate of drug-likeness (QED) is 0.151. The molecule has 9 nitrogen and oxygen atoms in total. The van der Waals surface area contributed by atoms with E-state index >= 15 is 0 Å². The van der Waals surface area contributed by atoms with Crippen LogP contribution in [0.15, 0.2) is 96.4 Å². The zero-order chi connectivity index (χ0) is 30.1. The van der Waals surface area contributed by atoms with E-state index in [1.807, 2.05) is 30.3 Å². The average Bonchev–Trinajstić information content (AvgIpc) is 3.04. The molecule has 1 aliphatic carbocycles. The maximum atomic E-state index is 13.2. The normalized spacial score (nSPS) is 13.7. The maximum absolute atomic E-state index is 13.2. The number of ether oxygens (including phenoxy) is 1. The minimum Gasteiger partial charge on any atom is -0.490 e. The van der Waals surface area contributed by atoms with Crippen LogP contribution in [0.1, 0.15) is 59.7 Å². The van der Waals surface area contributed by atoms with E-state index in [0.717, 1.165) is 60.8 Å². The lowest BCUT2D eigenvalue weighted by Crippen LogP contribution is -2.31. The first-order valence-electron chi connectivity index (χ1n) is 14.5. The standard InChI is InChI=1S/C33H36N4O5S.3ClH/c38-31(27-6-4-17-34-21-27)23-36-19-16-24-10-12-25(13-11-24)26-14-15-30(32(20-26)42-28-7-2-1-3-8-28)33(39)37-43(40,41)29-9-5-18-35-22-29;;;/h4-6,9-15,17-18,20-22,28,31,36,38H,1-3,7-8,16,19,23H2,(H,37,39);3*1H/t31-;;;/m1.../s1. The average molecular weight is 710 g/mol. The minimum absolute atomic E-state index is 0. The molecule has 2 aromatic carbocycles. The number of aliphatic hydroxyl groups excluding tert-OH is 1. The number of pyridine rings is 2. The van der Waals surface area contributed by atoms with Crippen molar-refractivity contribution in [2.45, 2.75) is 55.6 Å². The lowest BCUT2D eigenvalue weighted by molar-refractivity contribution is 0.0969. The highest BCUT2D eigenvalue weighted by Gasteiger charge is 2.24. The van der Waals surface area contributed by atoms with Crippen LogP contribution in [0.5, 0.6) is 5.75 Å². The molecule has 0 unspecified atom stereocenters. The first-order valence-corrected chi connectivity index (χ1v) is 16.0. The predicted octanol–water partition coefficient (Wildman–Crippen LogP) is 6.10. The first kappa shape index (κ1) is 38.9. The number of carbonyl (C=O) groups excluding carboxylic acids is 1. The van der Waals surface area contributed by atoms with E-state index in [2.05, 4.69) is 32.1 Å². The van der Waals surface area contributed by atoms with Crippen LogP contribution in [-0.2, 0) is 16.4 Å². The van der Waals surface area contributed by atoms with Crippen molar-refractivity contribution in [3.05, 3.63) is 108 Å². The number of rotatable bonds is 12. The van der Waals surface area contributed by atoms with Crippen molar-refractivity contribution in [1.82, 2.24) is 20.0 Å². The van der Waals surface area contributed by atoms with Gasteiger partial charge in [0.25, 0.3) is 15.9 Å². The van der Waals surface area contributed by atoms with E-state index in [1.165, 1.54) is 24.5 Å². The molecule has 248 valence electrons. The Hall–Kier alpha value is -3.25. The van der Waals surface area contributed by atoms with Gasteiger partial charge in [-0.25, -0.2) is 13.1 Å². The van der Waals surface area contributed by atoms with E-state index in [-0.39, 0.29) is 53.8 Å². The van der Waals surface area contributed by atoms with Gasteiger partial charge < -0.3 is 15.2 Å². The van der Waals surface area contributed by atoms with Gasteiger partial charge in [0.15, 0.2) is 0 Å². The third kappa shape index (κ3) is 10.7. The number of aromatic nitrogens is 2. The molecule has 1 amide bonds. The zero-order valence-corrected chi connectivity index (χ0v) is 28.3. The number of amides is 1. The molecule has 2 aromatic heterocycles. The Morgan fingerprint density at radius 3 is 2.22 bits per heavy atom. The molecule has 0 aliphatic heterocycles. The molecule has 0 radical (unpaired) electrons. The largest absolute Gasteiger partial charge is 0.490 e. The third-order valence-corrected chi connectivity index (χ3v) is 8.84. The fraction of sp³-hybridized carbons (Fsp3) is 0.303. The first-order chi connectivity index (χ1) is 20.9. The summed E-state index contributed by atoms with van der Waals surface area (Å²) >= 11 is 0. The second kappa shape index (κ2) is 18.8. The molecule has 1 fully saturated rings. The number of hydrogen-bond donors (Lipinski definition) is 3. The Bertz CT molecular complexity index is 1610. The van der Waals surface area contributed by atoms with Crippen molar-refractivity contribution in [2.24, 2.45) is 0 Å². The summed E-state index contributed by atoms with van der Waals surface area (Å²) in [4.78, 5) is 21.0. The van der Waals surface area contributed by atoms with Gasteiger partial charge in [0.1, 0.15) is 10.6 Å². The van der Waals surface area contributed by atoms with Gasteiger partial charge in [0.2, 0.25) is 0 Å². The van der Waals surface area contributed by atoms with E-state index in [1.54, 1.807) is 24.5 Å². The number of benzene rings is 2. The van der Waals surface area contributed by atoms with Gasteiger partial charge in [-0.3, -0.25) is 14.8 Å². The molecule has 1 aliphatic rings. The van der Waals surface area contributed by atoms with E-state index in [0.29, 0.717) is 18.8 Å². The highest BCUT2D eigenvalue weighted by atomic mass is 35.5. The number of hydrogen-bond acceptors (Lipinski definition) is 8. The summed E-state index contributed by atoms with van der Waals surface area (Å²) in [5.41, 5.74) is 3.90. The second-order valence-electron chi connectivity index (χ2n) is 10.7. The topological polar surface area (TPSA) is 131 Å². The van der Waals surface area contributed by atoms with Crippen LogP contribution in [0.3, 0.4) is 0 Å². The molecular weight excluding hydrogens is 671 g/mol. The summed E-state index contributed by atoms with van der Waals surface area (Å²) < 4.78 is 34.1. The van der Waals surface area contributed by atoms with Crippen molar-refractivity contribution in [3.63, 3.8) is 0 Å². The SMILES string of the molecule is Cl.Cl.Cl.O=C(NS(=O)(=O)c1cccnc1)c1ccc(-c2ccc(CCNC[C@@H](O)c3cccnc3)cc2)cc1OC1CCCCC1. The smallest absolute Gasteiger partial charge is 0.268 e. The second-order valence-corrected chi connectivity index (χ2v) is 12.3. The van der Waals surface area contributed by atoms with Gasteiger partial charge in [-0.15, -0.1) is 37.2 Å². The molecule has 13 heteroatoms. The Morgan fingerprint density at radius 1 is 0.891 bits per heavy atom. The number of carbonyl (C=O) groups is 1. The van der Waals surface area contributed by atoms with Crippen LogP contribution in [0, 0.1) is 0 Å². The Kier molecular flexibility index (Phi) is 15.9. The van der Waals surface area contributed by atoms with Crippen LogP contribution < -0.4 is 14.8 Å². The van der Waals surface area contributed by atoms with Crippen molar-refractivity contribution in [1.29, 1.82) is 0 Å². The van der Waals surface area contributed by atoms with Crippen LogP contribution in [0.2, 0.25) is 0 Å². The molecule has 46 heavy (non-hydrogen) atoms. The van der Waals surface area contributed by atoms with Crippen LogP contribution in [0.4, 0.5) is 0 Å². The minimum atomic E-state index is -4.09. The lowest BCUT2D eigenvalue weighted by atomic mass is 9.97. The highest BCUT2D eigenvalue weighted by molar-refractivity contribution is 7.90. The summed E-state index contributed by atoms with van der Waals surface area (Å²) in [7, 11) is -4.09. The van der Waals surface area contributed by atoms with Crippen molar-refractivity contribution < 1.29 is 23.1 Å². The fourth-order valence-corrected chi connectivity index (χ4v) is 6.05. The summed E-state index contributed by atoms with van der Waals surface area (Å²) in [6.45, 7) is 1.15. The molecule has 1 atom stereocenters. The fourth-order valence-electron chi connectivity index (χ4n) is 5.12. The van der Waals surface area contributed by atoms with Gasteiger partial charge in [-0.05, 0) is 85.7 Å². The Morgan fingerprint density at radius 2 is 1.57 bits per heavy atom. The van der Waals surface area contributed by atoms with Crippen LogP contribution in [0.25, 0.3) is 11.1 Å². The molecule has 0 spiro atoms. The van der Waals surface area contributed by atoms with Crippen LogP contribution in [-0.4, -0.2) is 48.6 Å². The lowest BCUT2D eigenvalue weighted by Gasteiger charge is -2.24. The maximum Gasteiger partial charge on any atom is 0.268 e. The van der Waals surface area contributed by atoms with E-state index in [9.17, 15) is 18.3 Å². The van der Waals surface area contributed by atoms with E-state index < -0.39 is 22.0 Å². The zero-order valence-electron chi connectivity index (χ0n) is 25.1. The number of nitrogens with one attached hydrogen (secondary N) is 2. The summed E-state index contributed by atoms with van der Waals surface area (Å²) in [6.07, 6.45) is 11.2. The van der Waals surface area contributed by atoms with Crippen molar-refractivity contribution in [3.8, 4) is 16.9 Å². The molecule has 1 saturated carbocycles. The number of nitrogens with zero attached hydrogens (tertiary/aromatic N) is 2. The van der Waals surface area contributed by atoms with E-state index in [4.69, 9.17) is 4.74 Å². The van der Waals surface area contributed by atoms with Crippen molar-refractivity contribution >= 4 is 53.2 Å². The van der Waals surface area contributed by atoms with Gasteiger partial charge in [-0.2, -0.15) is 0 Å². The molecular formula is C33H39Cl3N4O5S. The number of halogens is 3. The van der Waals surface area contributed by atoms with Gasteiger partial charge in [0, 0.05) is 36.9 Å². The van der Waals surface area contributed by atoms with Gasteiger partial charge in [-0.1, -0.05) is 42.8 Å². The highest BCUT2D eigenvalue weighted by Crippen LogP contribution is 2.31. The number of sulfonamides is 1. The molecule has 4 aromatic rings. The molecule has 5 rings (SSSR count). The summed E-state index contributed by atoms with van der Waals surface area (Å²) in [6, 6.07) is 19.9. The number of aliphatic hydroxyl groups is 1. The van der Waals surface area contributed by atoms with Crippen molar-refractivity contribution in [2.75, 3.05) is 13.1 Å². The predicted molar refractivity (Wildman–Crippen MR) is 186 cm³/mol. The summed E-state index contributed by atoms with van der Waals surface area (Å²) in [5, 5.41) is 13.6. The third-order valence-electron chi connectivity index (χ3n) is 7.53. The van der Waals surface area contributed by atoms with Gasteiger partial charge in [0.05, 0.1) is 17.8 Å². The Balaban J connectivity index is 0.00000245.